The van der Waals surface area contributed by atoms with Crippen molar-refractivity contribution in [2.24, 2.45) is 0 Å². The van der Waals surface area contributed by atoms with Crippen LogP contribution in [0.3, 0.4) is 0 Å². The first-order chi connectivity index (χ1) is 12.8. The fourth-order valence-corrected chi connectivity index (χ4v) is 4.08. The number of ether oxygens (including phenoxy) is 2. The number of hydrogen-bond acceptors (Lipinski definition) is 6. The van der Waals surface area contributed by atoms with Crippen LogP contribution in [0.2, 0.25) is 5.02 Å². The second-order valence-corrected chi connectivity index (χ2v) is 7.56. The predicted octanol–water partition coefficient (Wildman–Crippen LogP) is 3.50. The minimum atomic E-state index is -0.982. The summed E-state index contributed by atoms with van der Waals surface area (Å²) in [6.07, 6.45) is 0.942. The van der Waals surface area contributed by atoms with Gasteiger partial charge in [-0.3, -0.25) is 4.84 Å². The molecule has 0 saturated carbocycles. The molecule has 2 aliphatic rings. The van der Waals surface area contributed by atoms with Gasteiger partial charge in [0.2, 0.25) is 0 Å². The molecule has 0 aromatic heterocycles. The maximum atomic E-state index is 12.7. The predicted molar refractivity (Wildman–Crippen MR) is 103 cm³/mol. The molecule has 0 bridgehead atoms. The van der Waals surface area contributed by atoms with Gasteiger partial charge in [0.05, 0.1) is 13.2 Å². The average molecular weight is 396 g/mol. The number of carbonyl (C=O) groups is 1. The van der Waals surface area contributed by atoms with Crippen LogP contribution in [0.5, 0.6) is 0 Å². The van der Waals surface area contributed by atoms with Gasteiger partial charge in [-0.1, -0.05) is 17.7 Å². The number of benzene rings is 1. The Balaban J connectivity index is 1.88. The zero-order valence-electron chi connectivity index (χ0n) is 16.2. The molecule has 0 radical (unpaired) electrons. The highest BCUT2D eigenvalue weighted by molar-refractivity contribution is 6.33. The van der Waals surface area contributed by atoms with Gasteiger partial charge in [0.1, 0.15) is 5.57 Å². The number of hydrogen-bond donors (Lipinski definition) is 1. The first-order valence-electron chi connectivity index (χ1n) is 9.11. The molecule has 148 valence electrons. The smallest absolute Gasteiger partial charge is 0.343 e. The van der Waals surface area contributed by atoms with Crippen LogP contribution >= 0.6 is 11.6 Å². The molecule has 0 aliphatic carbocycles. The second-order valence-electron chi connectivity index (χ2n) is 7.19. The third-order valence-corrected chi connectivity index (χ3v) is 5.96. The van der Waals surface area contributed by atoms with E-state index in [-0.39, 0.29) is 11.3 Å². The van der Waals surface area contributed by atoms with Crippen LogP contribution in [0.1, 0.15) is 35.1 Å². The van der Waals surface area contributed by atoms with Crippen LogP contribution in [0, 0.1) is 20.8 Å². The molecular formula is C20H26ClNO5. The van der Waals surface area contributed by atoms with Crippen LogP contribution in [0.25, 0.3) is 5.57 Å². The molecule has 7 heteroatoms. The fourth-order valence-electron chi connectivity index (χ4n) is 3.93. The summed E-state index contributed by atoms with van der Waals surface area (Å²) in [5.41, 5.74) is 2.54. The molecule has 1 aromatic carbocycles. The zero-order chi connectivity index (χ0) is 19.8. The molecule has 2 aliphatic heterocycles. The van der Waals surface area contributed by atoms with Crippen LogP contribution < -0.4 is 0 Å². The van der Waals surface area contributed by atoms with Crippen molar-refractivity contribution in [3.05, 3.63) is 39.1 Å². The molecule has 1 spiro atoms. The van der Waals surface area contributed by atoms with E-state index in [9.17, 15) is 9.90 Å². The number of hydroxylamine groups is 2. The summed E-state index contributed by atoms with van der Waals surface area (Å²) in [5, 5.41) is 13.4. The van der Waals surface area contributed by atoms with Gasteiger partial charge in [0.25, 0.3) is 0 Å². The molecule has 0 atom stereocenters. The first-order valence-corrected chi connectivity index (χ1v) is 9.49. The number of carbonyl (C=O) groups excluding carboxylic acids is 1. The van der Waals surface area contributed by atoms with Crippen molar-refractivity contribution in [2.45, 2.75) is 39.2 Å². The van der Waals surface area contributed by atoms with Gasteiger partial charge in [0.15, 0.2) is 11.4 Å². The van der Waals surface area contributed by atoms with Crippen LogP contribution in [-0.2, 0) is 19.1 Å². The van der Waals surface area contributed by atoms with Crippen molar-refractivity contribution >= 4 is 23.1 Å². The van der Waals surface area contributed by atoms with Crippen molar-refractivity contribution < 1.29 is 24.2 Å². The molecule has 6 nitrogen and oxygen atoms in total. The summed E-state index contributed by atoms with van der Waals surface area (Å²) in [6.45, 7) is 7.80. The van der Waals surface area contributed by atoms with Crippen LogP contribution in [0.15, 0.2) is 11.8 Å². The SMILES string of the molecule is COCCON1CCC2(CC1)OC(=O)C(c1c(C)cc(C)c(Cl)c1C)=C2O. The Hall–Kier alpha value is -1.60. The number of methoxy groups -OCH3 is 1. The van der Waals surface area contributed by atoms with Crippen molar-refractivity contribution in [2.75, 3.05) is 33.4 Å². The monoisotopic (exact) mass is 395 g/mol. The molecule has 2 heterocycles. The average Bonchev–Trinajstić information content (AvgIpc) is 2.86. The van der Waals surface area contributed by atoms with E-state index in [0.717, 1.165) is 16.7 Å². The standard InChI is InChI=1S/C20H26ClNO5/c1-12-11-13(2)17(21)14(3)15(12)16-18(23)20(27-19(16)24)5-7-22(8-6-20)26-10-9-25-4/h11,23H,5-10H2,1-4H3. The Morgan fingerprint density at radius 3 is 2.52 bits per heavy atom. The molecule has 1 N–H and O–H groups in total. The van der Waals surface area contributed by atoms with Crippen molar-refractivity contribution in [3.63, 3.8) is 0 Å². The lowest BCUT2D eigenvalue weighted by Gasteiger charge is -2.37. The number of piperidine rings is 1. The number of esters is 1. The number of aliphatic hydroxyl groups excluding tert-OH is 1. The number of rotatable bonds is 5. The van der Waals surface area contributed by atoms with Gasteiger partial charge in [-0.05, 0) is 43.0 Å². The quantitative estimate of drug-likeness (QED) is 0.608. The van der Waals surface area contributed by atoms with E-state index in [4.69, 9.17) is 25.9 Å². The van der Waals surface area contributed by atoms with Gasteiger partial charge in [0, 0.05) is 38.1 Å². The summed E-state index contributed by atoms with van der Waals surface area (Å²) in [5.74, 6) is -0.484. The summed E-state index contributed by atoms with van der Waals surface area (Å²) in [7, 11) is 1.62. The van der Waals surface area contributed by atoms with E-state index >= 15 is 0 Å². The van der Waals surface area contributed by atoms with Gasteiger partial charge < -0.3 is 14.6 Å². The molecular weight excluding hydrogens is 370 g/mol. The minimum Gasteiger partial charge on any atom is -0.507 e. The maximum absolute atomic E-state index is 12.7. The largest absolute Gasteiger partial charge is 0.507 e. The summed E-state index contributed by atoms with van der Waals surface area (Å²) in [6, 6.07) is 1.93. The number of aryl methyl sites for hydroxylation is 2. The Morgan fingerprint density at radius 2 is 1.89 bits per heavy atom. The topological polar surface area (TPSA) is 68.2 Å². The minimum absolute atomic E-state index is 0.00941. The molecule has 0 amide bonds. The van der Waals surface area contributed by atoms with Crippen LogP contribution in [0.4, 0.5) is 0 Å². The Kier molecular flexibility index (Phi) is 5.82. The Bertz CT molecular complexity index is 781. The van der Waals surface area contributed by atoms with Gasteiger partial charge in [-0.2, -0.15) is 5.06 Å². The molecule has 27 heavy (non-hydrogen) atoms. The number of aliphatic hydroxyl groups is 1. The fraction of sp³-hybridized carbons (Fsp3) is 0.550. The van der Waals surface area contributed by atoms with Gasteiger partial charge >= 0.3 is 5.97 Å². The molecule has 1 saturated heterocycles. The number of nitrogens with zero attached hydrogens (tertiary/aromatic N) is 1. The van der Waals surface area contributed by atoms with E-state index in [0.29, 0.717) is 49.7 Å². The highest BCUT2D eigenvalue weighted by Gasteiger charge is 2.51. The van der Waals surface area contributed by atoms with E-state index in [1.165, 1.54) is 0 Å². The Labute approximate surface area is 164 Å². The lowest BCUT2D eigenvalue weighted by atomic mass is 9.86. The van der Waals surface area contributed by atoms with E-state index in [1.54, 1.807) is 7.11 Å². The third-order valence-electron chi connectivity index (χ3n) is 5.38. The molecule has 0 unspecified atom stereocenters. The Morgan fingerprint density at radius 1 is 1.22 bits per heavy atom. The lowest BCUT2D eigenvalue weighted by Crippen LogP contribution is -2.46. The summed E-state index contributed by atoms with van der Waals surface area (Å²) < 4.78 is 10.7. The van der Waals surface area contributed by atoms with Gasteiger partial charge in [-0.15, -0.1) is 0 Å². The summed E-state index contributed by atoms with van der Waals surface area (Å²) in [4.78, 5) is 18.3. The second kappa shape index (κ2) is 7.80. The van der Waals surface area contributed by atoms with Crippen LogP contribution in [-0.4, -0.2) is 55.2 Å². The lowest BCUT2D eigenvalue weighted by molar-refractivity contribution is -0.202. The molecule has 1 fully saturated rings. The van der Waals surface area contributed by atoms with E-state index < -0.39 is 11.6 Å². The van der Waals surface area contributed by atoms with Crippen molar-refractivity contribution in [1.82, 2.24) is 5.06 Å². The highest BCUT2D eigenvalue weighted by Crippen LogP contribution is 2.45. The van der Waals surface area contributed by atoms with Crippen molar-refractivity contribution in [3.8, 4) is 0 Å². The van der Waals surface area contributed by atoms with Crippen molar-refractivity contribution in [1.29, 1.82) is 0 Å². The first kappa shape index (κ1) is 20.1. The third kappa shape index (κ3) is 3.59. The molecule has 1 aromatic rings. The normalized spacial score (nSPS) is 19.8. The number of halogens is 1. The molecule has 3 rings (SSSR count). The zero-order valence-corrected chi connectivity index (χ0v) is 17.0. The van der Waals surface area contributed by atoms with E-state index in [2.05, 4.69) is 0 Å². The highest BCUT2D eigenvalue weighted by atomic mass is 35.5. The van der Waals surface area contributed by atoms with Gasteiger partial charge in [-0.25, -0.2) is 4.79 Å². The maximum Gasteiger partial charge on any atom is 0.343 e. The van der Waals surface area contributed by atoms with E-state index in [1.807, 2.05) is 31.9 Å². The summed E-state index contributed by atoms with van der Waals surface area (Å²) >= 11 is 6.40.